The van der Waals surface area contributed by atoms with E-state index in [1.807, 2.05) is 32.0 Å². The summed E-state index contributed by atoms with van der Waals surface area (Å²) in [7, 11) is 3.04. The fourth-order valence-corrected chi connectivity index (χ4v) is 2.71. The lowest BCUT2D eigenvalue weighted by Crippen LogP contribution is -2.37. The maximum atomic E-state index is 12.2. The van der Waals surface area contributed by atoms with E-state index >= 15 is 0 Å². The molecular weight excluding hydrogens is 368 g/mol. The first-order valence-corrected chi connectivity index (χ1v) is 8.74. The monoisotopic (exact) mass is 390 g/mol. The third kappa shape index (κ3) is 6.18. The van der Waals surface area contributed by atoms with E-state index in [0.717, 1.165) is 11.1 Å². The Morgan fingerprint density at radius 3 is 2.41 bits per heavy atom. The normalized spacial score (nSPS) is 10.3. The molecule has 1 N–H and O–H groups in total. The van der Waals surface area contributed by atoms with Crippen LogP contribution in [0, 0.1) is 13.8 Å². The van der Waals surface area contributed by atoms with Crippen LogP contribution in [0.3, 0.4) is 0 Å². The maximum absolute atomic E-state index is 12.2. The number of aryl methyl sites for hydroxylation is 2. The smallest absolute Gasteiger partial charge is 0.260 e. The topological polar surface area (TPSA) is 67.9 Å². The van der Waals surface area contributed by atoms with Gasteiger partial charge in [-0.15, -0.1) is 0 Å². The number of hydrogen-bond acceptors (Lipinski definition) is 4. The number of likely N-dealkylation sites (N-methyl/N-ethyl adjacent to an activating group) is 1. The van der Waals surface area contributed by atoms with Crippen molar-refractivity contribution in [3.63, 3.8) is 0 Å². The zero-order chi connectivity index (χ0) is 20.0. The fourth-order valence-electron chi connectivity index (χ4n) is 2.54. The van der Waals surface area contributed by atoms with Gasteiger partial charge in [0.25, 0.3) is 5.91 Å². The van der Waals surface area contributed by atoms with Gasteiger partial charge in [-0.2, -0.15) is 0 Å². The van der Waals surface area contributed by atoms with E-state index < -0.39 is 0 Å². The minimum atomic E-state index is -0.363. The molecule has 0 saturated heterocycles. The minimum absolute atomic E-state index is 0.120. The summed E-state index contributed by atoms with van der Waals surface area (Å²) in [4.78, 5) is 25.8. The Morgan fingerprint density at radius 1 is 1.11 bits per heavy atom. The van der Waals surface area contributed by atoms with Gasteiger partial charge in [0.2, 0.25) is 5.91 Å². The largest absolute Gasteiger partial charge is 0.495 e. The number of nitrogens with zero attached hydrogens (tertiary/aromatic N) is 1. The second-order valence-electron chi connectivity index (χ2n) is 6.25. The molecule has 0 aliphatic heterocycles. The Hall–Kier alpha value is -2.73. The number of rotatable bonds is 7. The van der Waals surface area contributed by atoms with Gasteiger partial charge in [-0.1, -0.05) is 17.7 Å². The molecule has 0 aromatic heterocycles. The summed E-state index contributed by atoms with van der Waals surface area (Å²) in [6.45, 7) is 3.66. The van der Waals surface area contributed by atoms with E-state index in [1.54, 1.807) is 25.2 Å². The van der Waals surface area contributed by atoms with Gasteiger partial charge >= 0.3 is 0 Å². The minimum Gasteiger partial charge on any atom is -0.495 e. The highest BCUT2D eigenvalue weighted by molar-refractivity contribution is 6.31. The van der Waals surface area contributed by atoms with Crippen LogP contribution < -0.4 is 14.8 Å². The van der Waals surface area contributed by atoms with Crippen LogP contribution in [0.2, 0.25) is 5.02 Å². The molecule has 0 heterocycles. The molecule has 0 aliphatic rings. The van der Waals surface area contributed by atoms with Gasteiger partial charge in [0, 0.05) is 12.1 Å². The average Bonchev–Trinajstić information content (AvgIpc) is 2.59. The number of carbonyl (C=O) groups is 2. The van der Waals surface area contributed by atoms with Gasteiger partial charge in [-0.3, -0.25) is 9.59 Å². The fraction of sp³-hybridized carbons (Fsp3) is 0.300. The van der Waals surface area contributed by atoms with Crippen molar-refractivity contribution < 1.29 is 19.1 Å². The van der Waals surface area contributed by atoms with Gasteiger partial charge < -0.3 is 19.7 Å². The van der Waals surface area contributed by atoms with E-state index in [4.69, 9.17) is 21.1 Å². The van der Waals surface area contributed by atoms with Crippen LogP contribution in [0.15, 0.2) is 36.4 Å². The lowest BCUT2D eigenvalue weighted by molar-refractivity contribution is -0.135. The van der Waals surface area contributed by atoms with E-state index in [0.29, 0.717) is 22.2 Å². The highest BCUT2D eigenvalue weighted by Crippen LogP contribution is 2.27. The van der Waals surface area contributed by atoms with Crippen molar-refractivity contribution >= 4 is 29.1 Å². The van der Waals surface area contributed by atoms with Crippen LogP contribution in [-0.2, 0) is 9.59 Å². The quantitative estimate of drug-likeness (QED) is 0.786. The van der Waals surface area contributed by atoms with Crippen molar-refractivity contribution in [2.45, 2.75) is 13.8 Å². The van der Waals surface area contributed by atoms with Crippen LogP contribution in [0.5, 0.6) is 11.5 Å². The first-order valence-electron chi connectivity index (χ1n) is 8.37. The van der Waals surface area contributed by atoms with Crippen molar-refractivity contribution in [3.8, 4) is 11.5 Å². The van der Waals surface area contributed by atoms with Crippen LogP contribution in [-0.4, -0.2) is 44.0 Å². The van der Waals surface area contributed by atoms with Gasteiger partial charge in [0.05, 0.1) is 19.3 Å². The Kier molecular flexibility index (Phi) is 7.07. The Balaban J connectivity index is 1.90. The molecule has 6 nitrogen and oxygen atoms in total. The number of benzene rings is 2. The first kappa shape index (κ1) is 20.6. The molecule has 0 spiro atoms. The number of carbonyl (C=O) groups excluding carboxylic acids is 2. The third-order valence-corrected chi connectivity index (χ3v) is 4.03. The second kappa shape index (κ2) is 9.28. The molecule has 2 aromatic carbocycles. The summed E-state index contributed by atoms with van der Waals surface area (Å²) in [5, 5.41) is 3.16. The lowest BCUT2D eigenvalue weighted by Gasteiger charge is -2.18. The average molecular weight is 391 g/mol. The van der Waals surface area contributed by atoms with Gasteiger partial charge in [0.15, 0.2) is 6.61 Å². The van der Waals surface area contributed by atoms with Crippen LogP contribution in [0.25, 0.3) is 0 Å². The third-order valence-electron chi connectivity index (χ3n) is 3.80. The second-order valence-corrected chi connectivity index (χ2v) is 6.69. The van der Waals surface area contributed by atoms with Crippen molar-refractivity contribution in [1.29, 1.82) is 0 Å². The number of hydrogen-bond donors (Lipinski definition) is 1. The van der Waals surface area contributed by atoms with E-state index in [1.165, 1.54) is 12.0 Å². The molecule has 0 aliphatic carbocycles. The molecule has 27 heavy (non-hydrogen) atoms. The SMILES string of the molecule is COc1ccc(Cl)cc1NC(=O)CN(C)C(=O)COc1cc(C)cc(C)c1. The molecule has 2 rings (SSSR count). The molecule has 0 unspecified atom stereocenters. The van der Waals surface area contributed by atoms with E-state index in [-0.39, 0.29) is 25.0 Å². The first-order chi connectivity index (χ1) is 12.8. The number of ether oxygens (including phenoxy) is 2. The van der Waals surface area contributed by atoms with Crippen molar-refractivity contribution in [3.05, 3.63) is 52.5 Å². The molecule has 7 heteroatoms. The Bertz CT molecular complexity index is 818. The van der Waals surface area contributed by atoms with Crippen molar-refractivity contribution in [2.75, 3.05) is 32.6 Å². The lowest BCUT2D eigenvalue weighted by atomic mass is 10.1. The highest BCUT2D eigenvalue weighted by Gasteiger charge is 2.15. The highest BCUT2D eigenvalue weighted by atomic mass is 35.5. The van der Waals surface area contributed by atoms with Crippen LogP contribution >= 0.6 is 11.6 Å². The standard InChI is InChI=1S/C20H23ClN2O4/c1-13-7-14(2)9-16(8-13)27-12-20(25)23(3)11-19(24)22-17-10-15(21)5-6-18(17)26-4/h5-10H,11-12H2,1-4H3,(H,22,24). The van der Waals surface area contributed by atoms with Crippen LogP contribution in [0.1, 0.15) is 11.1 Å². The molecule has 2 aromatic rings. The van der Waals surface area contributed by atoms with Crippen molar-refractivity contribution in [1.82, 2.24) is 4.90 Å². The molecule has 0 radical (unpaired) electrons. The summed E-state index contributed by atoms with van der Waals surface area (Å²) in [5.74, 6) is 0.447. The predicted octanol–water partition coefficient (Wildman–Crippen LogP) is 3.44. The molecule has 2 amide bonds. The summed E-state index contributed by atoms with van der Waals surface area (Å²) in [6, 6.07) is 10.6. The summed E-state index contributed by atoms with van der Waals surface area (Å²) >= 11 is 5.95. The van der Waals surface area contributed by atoms with Gasteiger partial charge in [0.1, 0.15) is 11.5 Å². The van der Waals surface area contributed by atoms with E-state index in [9.17, 15) is 9.59 Å². The summed E-state index contributed by atoms with van der Waals surface area (Å²) < 4.78 is 10.7. The Morgan fingerprint density at radius 2 is 1.78 bits per heavy atom. The molecule has 0 bridgehead atoms. The number of methoxy groups -OCH3 is 1. The Labute approximate surface area is 164 Å². The zero-order valence-corrected chi connectivity index (χ0v) is 16.6. The predicted molar refractivity (Wildman–Crippen MR) is 106 cm³/mol. The molecular formula is C20H23ClN2O4. The number of amides is 2. The van der Waals surface area contributed by atoms with Crippen LogP contribution in [0.4, 0.5) is 5.69 Å². The number of halogens is 1. The van der Waals surface area contributed by atoms with Gasteiger partial charge in [-0.05, 0) is 55.3 Å². The maximum Gasteiger partial charge on any atom is 0.260 e. The number of nitrogens with one attached hydrogen (secondary N) is 1. The molecule has 0 atom stereocenters. The van der Waals surface area contributed by atoms with Crippen molar-refractivity contribution in [2.24, 2.45) is 0 Å². The number of anilines is 1. The zero-order valence-electron chi connectivity index (χ0n) is 15.8. The van der Waals surface area contributed by atoms with E-state index in [2.05, 4.69) is 5.32 Å². The molecule has 0 fully saturated rings. The summed E-state index contributed by atoms with van der Waals surface area (Å²) in [6.07, 6.45) is 0. The molecule has 0 saturated carbocycles. The molecule has 144 valence electrons. The van der Waals surface area contributed by atoms with Gasteiger partial charge in [-0.25, -0.2) is 0 Å². The summed E-state index contributed by atoms with van der Waals surface area (Å²) in [5.41, 5.74) is 2.56.